The van der Waals surface area contributed by atoms with E-state index in [4.69, 9.17) is 10.2 Å². The van der Waals surface area contributed by atoms with Gasteiger partial charge in [-0.15, -0.1) is 0 Å². The van der Waals surface area contributed by atoms with Gasteiger partial charge in [0.15, 0.2) is 0 Å². The minimum absolute atomic E-state index is 0.369. The number of nitrogen functional groups attached to an aromatic ring is 1. The Bertz CT molecular complexity index is 475. The van der Waals surface area contributed by atoms with Crippen LogP contribution in [0.2, 0.25) is 0 Å². The topological polar surface area (TPSA) is 64.1 Å². The van der Waals surface area contributed by atoms with E-state index < -0.39 is 0 Å². The van der Waals surface area contributed by atoms with E-state index in [0.717, 1.165) is 5.76 Å². The molecule has 0 aliphatic heterocycles. The molecule has 84 valence electrons. The number of nitrogens with zero attached hydrogens (tertiary/aromatic N) is 1. The summed E-state index contributed by atoms with van der Waals surface area (Å²) in [4.78, 5) is 4.02. The van der Waals surface area contributed by atoms with Crippen LogP contribution in [-0.4, -0.2) is 4.98 Å². The zero-order valence-corrected chi connectivity index (χ0v) is 8.83. The zero-order chi connectivity index (χ0) is 11.5. The molecule has 1 aromatic carbocycles. The van der Waals surface area contributed by atoms with Gasteiger partial charge in [0.2, 0.25) is 5.89 Å². The zero-order valence-electron chi connectivity index (χ0n) is 8.83. The summed E-state index contributed by atoms with van der Waals surface area (Å²) in [6.07, 6.45) is 1.64. The second kappa shape index (κ2) is 4.22. The summed E-state index contributed by atoms with van der Waals surface area (Å²) in [6.45, 7) is 2.22. The average Bonchev–Trinajstić information content (AvgIpc) is 2.60. The van der Waals surface area contributed by atoms with Crippen LogP contribution in [0.1, 0.15) is 11.7 Å². The molecule has 0 atom stereocenters. The van der Waals surface area contributed by atoms with Crippen LogP contribution >= 0.6 is 0 Å². The van der Waals surface area contributed by atoms with Crippen LogP contribution in [-0.2, 0) is 6.54 Å². The number of nitrogens with two attached hydrogens (primary N) is 1. The molecule has 1 heterocycles. The molecule has 0 spiro atoms. The van der Waals surface area contributed by atoms with Crippen LogP contribution in [0, 0.1) is 12.7 Å². The van der Waals surface area contributed by atoms with Crippen molar-refractivity contribution in [2.45, 2.75) is 13.5 Å². The molecule has 0 amide bonds. The van der Waals surface area contributed by atoms with Gasteiger partial charge in [-0.25, -0.2) is 9.37 Å². The average molecular weight is 221 g/mol. The fourth-order valence-corrected chi connectivity index (χ4v) is 1.38. The highest BCUT2D eigenvalue weighted by molar-refractivity contribution is 5.54. The minimum atomic E-state index is -0.369. The van der Waals surface area contributed by atoms with E-state index in [0.29, 0.717) is 23.8 Å². The lowest BCUT2D eigenvalue weighted by molar-refractivity contribution is 0.479. The van der Waals surface area contributed by atoms with E-state index in [1.54, 1.807) is 12.3 Å². The number of oxazole rings is 1. The standard InChI is InChI=1S/C11H12FN3O/c1-7-5-15-11(16-7)6-14-10-3-8(12)2-9(13)4-10/h2-5,14H,6,13H2,1H3. The van der Waals surface area contributed by atoms with Crippen LogP contribution in [0.4, 0.5) is 15.8 Å². The van der Waals surface area contributed by atoms with E-state index in [1.165, 1.54) is 12.1 Å². The quantitative estimate of drug-likeness (QED) is 0.781. The van der Waals surface area contributed by atoms with Crippen molar-refractivity contribution in [2.75, 3.05) is 11.1 Å². The van der Waals surface area contributed by atoms with Crippen LogP contribution in [0.15, 0.2) is 28.8 Å². The summed E-state index contributed by atoms with van der Waals surface area (Å²) in [5, 5.41) is 2.98. The number of aromatic nitrogens is 1. The number of halogens is 1. The molecule has 0 aliphatic rings. The molecular formula is C11H12FN3O. The molecule has 2 rings (SSSR count). The highest BCUT2D eigenvalue weighted by Gasteiger charge is 2.02. The second-order valence-electron chi connectivity index (χ2n) is 3.49. The van der Waals surface area contributed by atoms with Gasteiger partial charge in [-0.2, -0.15) is 0 Å². The number of hydrogen-bond donors (Lipinski definition) is 2. The molecule has 2 aromatic rings. The van der Waals surface area contributed by atoms with Crippen LogP contribution < -0.4 is 11.1 Å². The van der Waals surface area contributed by atoms with E-state index in [-0.39, 0.29) is 5.82 Å². The van der Waals surface area contributed by atoms with Gasteiger partial charge >= 0.3 is 0 Å². The predicted octanol–water partition coefficient (Wildman–Crippen LogP) is 2.32. The molecule has 5 heteroatoms. The molecule has 0 saturated heterocycles. The van der Waals surface area contributed by atoms with Crippen molar-refractivity contribution in [3.8, 4) is 0 Å². The lowest BCUT2D eigenvalue weighted by Gasteiger charge is -2.04. The number of benzene rings is 1. The smallest absolute Gasteiger partial charge is 0.213 e. The van der Waals surface area contributed by atoms with Crippen molar-refractivity contribution in [2.24, 2.45) is 0 Å². The summed E-state index contributed by atoms with van der Waals surface area (Å²) in [5.41, 5.74) is 6.50. The van der Waals surface area contributed by atoms with Crippen molar-refractivity contribution < 1.29 is 8.81 Å². The molecule has 0 aliphatic carbocycles. The predicted molar refractivity (Wildman–Crippen MR) is 59.4 cm³/mol. The second-order valence-corrected chi connectivity index (χ2v) is 3.49. The fourth-order valence-electron chi connectivity index (χ4n) is 1.38. The number of nitrogens with one attached hydrogen (secondary N) is 1. The molecule has 16 heavy (non-hydrogen) atoms. The van der Waals surface area contributed by atoms with Crippen LogP contribution in [0.5, 0.6) is 0 Å². The van der Waals surface area contributed by atoms with E-state index in [2.05, 4.69) is 10.3 Å². The first-order valence-electron chi connectivity index (χ1n) is 4.85. The Morgan fingerprint density at radius 3 is 2.88 bits per heavy atom. The first-order valence-corrected chi connectivity index (χ1v) is 4.85. The molecule has 0 radical (unpaired) electrons. The number of anilines is 2. The third-order valence-electron chi connectivity index (χ3n) is 2.03. The summed E-state index contributed by atoms with van der Waals surface area (Å²) in [7, 11) is 0. The maximum atomic E-state index is 13.0. The highest BCUT2D eigenvalue weighted by atomic mass is 19.1. The molecule has 0 bridgehead atoms. The van der Waals surface area contributed by atoms with Crippen molar-refractivity contribution >= 4 is 11.4 Å². The van der Waals surface area contributed by atoms with Crippen molar-refractivity contribution in [1.29, 1.82) is 0 Å². The molecule has 3 N–H and O–H groups in total. The first-order chi connectivity index (χ1) is 7.63. The SMILES string of the molecule is Cc1cnc(CNc2cc(N)cc(F)c2)o1. The summed E-state index contributed by atoms with van der Waals surface area (Å²) in [5.74, 6) is 0.932. The van der Waals surface area contributed by atoms with Gasteiger partial charge in [-0.1, -0.05) is 0 Å². The monoisotopic (exact) mass is 221 g/mol. The molecule has 0 unspecified atom stereocenters. The van der Waals surface area contributed by atoms with Crippen molar-refractivity contribution in [1.82, 2.24) is 4.98 Å². The van der Waals surface area contributed by atoms with Gasteiger partial charge in [0.25, 0.3) is 0 Å². The van der Waals surface area contributed by atoms with Crippen molar-refractivity contribution in [3.05, 3.63) is 41.9 Å². The first kappa shape index (κ1) is 10.5. The molecule has 0 fully saturated rings. The maximum absolute atomic E-state index is 13.0. The molecule has 1 aromatic heterocycles. The summed E-state index contributed by atoms with van der Waals surface area (Å²) in [6, 6.07) is 4.28. The van der Waals surface area contributed by atoms with E-state index in [9.17, 15) is 4.39 Å². The van der Waals surface area contributed by atoms with Gasteiger partial charge in [-0.3, -0.25) is 0 Å². The van der Waals surface area contributed by atoms with Gasteiger partial charge in [0, 0.05) is 11.4 Å². The van der Waals surface area contributed by atoms with Gasteiger partial charge in [0.05, 0.1) is 12.7 Å². The fraction of sp³-hybridized carbons (Fsp3) is 0.182. The number of hydrogen-bond acceptors (Lipinski definition) is 4. The molecule has 0 saturated carbocycles. The van der Waals surface area contributed by atoms with Crippen molar-refractivity contribution in [3.63, 3.8) is 0 Å². The van der Waals surface area contributed by atoms with E-state index >= 15 is 0 Å². The normalized spacial score (nSPS) is 10.4. The molecule has 4 nitrogen and oxygen atoms in total. The highest BCUT2D eigenvalue weighted by Crippen LogP contribution is 2.16. The Morgan fingerprint density at radius 1 is 1.44 bits per heavy atom. The Kier molecular flexibility index (Phi) is 2.76. The third kappa shape index (κ3) is 2.50. The lowest BCUT2D eigenvalue weighted by atomic mass is 10.2. The molecular weight excluding hydrogens is 209 g/mol. The Morgan fingerprint density at radius 2 is 2.25 bits per heavy atom. The summed E-state index contributed by atoms with van der Waals surface area (Å²) >= 11 is 0. The third-order valence-corrected chi connectivity index (χ3v) is 2.03. The maximum Gasteiger partial charge on any atom is 0.213 e. The number of aryl methyl sites for hydroxylation is 1. The van der Waals surface area contributed by atoms with Gasteiger partial charge < -0.3 is 15.5 Å². The van der Waals surface area contributed by atoms with Crippen LogP contribution in [0.3, 0.4) is 0 Å². The largest absolute Gasteiger partial charge is 0.444 e. The Balaban J connectivity index is 2.04. The van der Waals surface area contributed by atoms with E-state index in [1.807, 2.05) is 6.92 Å². The lowest BCUT2D eigenvalue weighted by Crippen LogP contribution is -2.00. The van der Waals surface area contributed by atoms with Gasteiger partial charge in [-0.05, 0) is 25.1 Å². The number of rotatable bonds is 3. The summed E-state index contributed by atoms with van der Waals surface area (Å²) < 4.78 is 18.3. The van der Waals surface area contributed by atoms with Gasteiger partial charge in [0.1, 0.15) is 11.6 Å². The minimum Gasteiger partial charge on any atom is -0.444 e. The van der Waals surface area contributed by atoms with Crippen LogP contribution in [0.25, 0.3) is 0 Å². The Hall–Kier alpha value is -2.04. The Labute approximate surface area is 92.3 Å².